The summed E-state index contributed by atoms with van der Waals surface area (Å²) >= 11 is 0. The van der Waals surface area contributed by atoms with Gasteiger partial charge in [0.25, 0.3) is 0 Å². The van der Waals surface area contributed by atoms with Crippen molar-refractivity contribution in [2.75, 3.05) is 20.2 Å². The molecule has 0 aromatic carbocycles. The monoisotopic (exact) mass is 228 g/mol. The molecular weight excluding hydrogens is 212 g/mol. The second-order valence-corrected chi connectivity index (χ2v) is 3.14. The van der Waals surface area contributed by atoms with Crippen LogP contribution in [-0.4, -0.2) is 43.0 Å². The van der Waals surface area contributed by atoms with Crippen LogP contribution in [0.4, 0.5) is 4.79 Å². The summed E-state index contributed by atoms with van der Waals surface area (Å²) in [5, 5.41) is 2.32. The highest BCUT2D eigenvalue weighted by atomic mass is 16.5. The number of rotatable bonds is 4. The summed E-state index contributed by atoms with van der Waals surface area (Å²) < 4.78 is 4.77. The van der Waals surface area contributed by atoms with Crippen molar-refractivity contribution in [3.63, 3.8) is 0 Å². The van der Waals surface area contributed by atoms with Crippen LogP contribution in [0.25, 0.3) is 0 Å². The average molecular weight is 228 g/mol. The SMILES string of the molecule is C=C(C)C(=O)OCCN(C(C)=O)C(=O)NC. The highest BCUT2D eigenvalue weighted by Crippen LogP contribution is 1.95. The van der Waals surface area contributed by atoms with Crippen LogP contribution >= 0.6 is 0 Å². The van der Waals surface area contributed by atoms with Crippen LogP contribution in [0.2, 0.25) is 0 Å². The van der Waals surface area contributed by atoms with E-state index in [1.165, 1.54) is 20.9 Å². The lowest BCUT2D eigenvalue weighted by Gasteiger charge is -2.18. The zero-order chi connectivity index (χ0) is 12.7. The third kappa shape index (κ3) is 4.59. The quantitative estimate of drug-likeness (QED) is 0.554. The summed E-state index contributed by atoms with van der Waals surface area (Å²) in [6, 6.07) is -0.529. The molecule has 0 unspecified atom stereocenters. The third-order valence-corrected chi connectivity index (χ3v) is 1.74. The number of imide groups is 1. The number of hydrogen-bond acceptors (Lipinski definition) is 4. The smallest absolute Gasteiger partial charge is 0.333 e. The van der Waals surface area contributed by atoms with E-state index in [1.807, 2.05) is 0 Å². The number of hydrogen-bond donors (Lipinski definition) is 1. The molecule has 0 saturated carbocycles. The number of urea groups is 1. The van der Waals surface area contributed by atoms with Crippen LogP contribution < -0.4 is 5.32 Å². The third-order valence-electron chi connectivity index (χ3n) is 1.74. The van der Waals surface area contributed by atoms with Crippen molar-refractivity contribution in [2.24, 2.45) is 0 Å². The lowest BCUT2D eigenvalue weighted by molar-refractivity contribution is -0.140. The molecule has 0 rings (SSSR count). The Morgan fingerprint density at radius 2 is 1.88 bits per heavy atom. The summed E-state index contributed by atoms with van der Waals surface area (Å²) in [6.07, 6.45) is 0. The fraction of sp³-hybridized carbons (Fsp3) is 0.500. The van der Waals surface area contributed by atoms with Gasteiger partial charge in [-0.05, 0) is 6.92 Å². The van der Waals surface area contributed by atoms with Gasteiger partial charge in [-0.25, -0.2) is 9.59 Å². The van der Waals surface area contributed by atoms with E-state index in [9.17, 15) is 14.4 Å². The number of ether oxygens (including phenoxy) is 1. The maximum atomic E-state index is 11.2. The summed E-state index contributed by atoms with van der Waals surface area (Å²) in [6.45, 7) is 6.16. The summed E-state index contributed by atoms with van der Waals surface area (Å²) in [7, 11) is 1.41. The molecule has 0 saturated heterocycles. The first-order valence-corrected chi connectivity index (χ1v) is 4.72. The first-order chi connectivity index (χ1) is 7.40. The Morgan fingerprint density at radius 3 is 2.25 bits per heavy atom. The van der Waals surface area contributed by atoms with Crippen LogP contribution in [0, 0.1) is 0 Å². The molecule has 0 aliphatic rings. The Hall–Kier alpha value is -1.85. The number of carbonyl (C=O) groups excluding carboxylic acids is 3. The zero-order valence-corrected chi connectivity index (χ0v) is 9.70. The summed E-state index contributed by atoms with van der Waals surface area (Å²) in [5.74, 6) is -0.953. The minimum Gasteiger partial charge on any atom is -0.460 e. The molecule has 0 aliphatic carbocycles. The van der Waals surface area contributed by atoms with Crippen LogP contribution in [0.5, 0.6) is 0 Å². The molecule has 0 bridgehead atoms. The lowest BCUT2D eigenvalue weighted by atomic mass is 10.4. The van der Waals surface area contributed by atoms with Gasteiger partial charge >= 0.3 is 12.0 Å². The van der Waals surface area contributed by atoms with E-state index in [-0.39, 0.29) is 18.7 Å². The number of amides is 3. The van der Waals surface area contributed by atoms with E-state index in [2.05, 4.69) is 11.9 Å². The molecule has 6 heteroatoms. The first-order valence-electron chi connectivity index (χ1n) is 4.72. The fourth-order valence-corrected chi connectivity index (χ4v) is 0.890. The van der Waals surface area contributed by atoms with Gasteiger partial charge < -0.3 is 10.1 Å². The van der Waals surface area contributed by atoms with E-state index >= 15 is 0 Å². The molecule has 0 fully saturated rings. The molecule has 0 heterocycles. The van der Waals surface area contributed by atoms with Crippen molar-refractivity contribution >= 4 is 17.9 Å². The largest absolute Gasteiger partial charge is 0.460 e. The van der Waals surface area contributed by atoms with Gasteiger partial charge in [0.1, 0.15) is 6.61 Å². The molecule has 6 nitrogen and oxygen atoms in total. The Morgan fingerprint density at radius 1 is 1.31 bits per heavy atom. The molecule has 0 radical (unpaired) electrons. The molecule has 3 amide bonds. The minimum atomic E-state index is -0.541. The number of esters is 1. The maximum Gasteiger partial charge on any atom is 0.333 e. The topological polar surface area (TPSA) is 75.7 Å². The van der Waals surface area contributed by atoms with E-state index in [0.29, 0.717) is 0 Å². The van der Waals surface area contributed by atoms with Crippen LogP contribution in [0.15, 0.2) is 12.2 Å². The molecule has 0 aliphatic heterocycles. The van der Waals surface area contributed by atoms with Gasteiger partial charge in [0.05, 0.1) is 6.54 Å². The molecule has 0 spiro atoms. The predicted molar refractivity (Wildman–Crippen MR) is 57.6 cm³/mol. The van der Waals surface area contributed by atoms with Crippen molar-refractivity contribution in [1.82, 2.24) is 10.2 Å². The molecule has 16 heavy (non-hydrogen) atoms. The molecule has 0 aromatic heterocycles. The van der Waals surface area contributed by atoms with Gasteiger partial charge in [-0.1, -0.05) is 6.58 Å². The van der Waals surface area contributed by atoms with Gasteiger partial charge in [0.15, 0.2) is 0 Å². The number of nitrogens with one attached hydrogen (secondary N) is 1. The zero-order valence-electron chi connectivity index (χ0n) is 9.70. The van der Waals surface area contributed by atoms with E-state index in [1.54, 1.807) is 0 Å². The second kappa shape index (κ2) is 6.60. The number of carbonyl (C=O) groups is 3. The highest BCUT2D eigenvalue weighted by molar-refractivity contribution is 5.93. The summed E-state index contributed by atoms with van der Waals surface area (Å²) in [4.78, 5) is 34.2. The highest BCUT2D eigenvalue weighted by Gasteiger charge is 2.16. The van der Waals surface area contributed by atoms with E-state index in [4.69, 9.17) is 4.74 Å². The Labute approximate surface area is 94.2 Å². The van der Waals surface area contributed by atoms with Gasteiger partial charge in [-0.15, -0.1) is 0 Å². The van der Waals surface area contributed by atoms with Crippen LogP contribution in [0.1, 0.15) is 13.8 Å². The lowest BCUT2D eigenvalue weighted by Crippen LogP contribution is -2.43. The van der Waals surface area contributed by atoms with E-state index < -0.39 is 17.9 Å². The van der Waals surface area contributed by atoms with Crippen molar-refractivity contribution in [3.05, 3.63) is 12.2 Å². The van der Waals surface area contributed by atoms with Crippen LogP contribution in [0.3, 0.4) is 0 Å². The second-order valence-electron chi connectivity index (χ2n) is 3.14. The Kier molecular flexibility index (Phi) is 5.84. The molecule has 0 atom stereocenters. The first kappa shape index (κ1) is 14.2. The Balaban J connectivity index is 4.14. The van der Waals surface area contributed by atoms with Gasteiger partial charge in [-0.3, -0.25) is 9.69 Å². The Bertz CT molecular complexity index is 312. The molecule has 1 N–H and O–H groups in total. The predicted octanol–water partition coefficient (Wildman–Crippen LogP) is 0.294. The van der Waals surface area contributed by atoms with Crippen molar-refractivity contribution in [2.45, 2.75) is 13.8 Å². The minimum absolute atomic E-state index is 0.0219. The summed E-state index contributed by atoms with van der Waals surface area (Å²) in [5.41, 5.74) is 0.273. The molecule has 0 aromatic rings. The standard InChI is InChI=1S/C10H16N2O4/c1-7(2)9(14)16-6-5-12(8(3)13)10(15)11-4/h1,5-6H2,2-4H3,(H,11,15). The normalized spacial score (nSPS) is 9.19. The van der Waals surface area contributed by atoms with Crippen molar-refractivity contribution in [1.29, 1.82) is 0 Å². The fourth-order valence-electron chi connectivity index (χ4n) is 0.890. The average Bonchev–Trinajstić information content (AvgIpc) is 2.22. The molecular formula is C10H16N2O4. The van der Waals surface area contributed by atoms with E-state index in [0.717, 1.165) is 4.90 Å². The molecule has 90 valence electrons. The number of nitrogens with zero attached hydrogens (tertiary/aromatic N) is 1. The van der Waals surface area contributed by atoms with Gasteiger partial charge in [0.2, 0.25) is 5.91 Å². The van der Waals surface area contributed by atoms with Crippen LogP contribution in [-0.2, 0) is 14.3 Å². The van der Waals surface area contributed by atoms with Gasteiger partial charge in [-0.2, -0.15) is 0 Å². The van der Waals surface area contributed by atoms with Gasteiger partial charge in [0, 0.05) is 19.5 Å². The van der Waals surface area contributed by atoms with Crippen molar-refractivity contribution < 1.29 is 19.1 Å². The maximum absolute atomic E-state index is 11.2. The van der Waals surface area contributed by atoms with Crippen molar-refractivity contribution in [3.8, 4) is 0 Å².